The fraction of sp³-hybridized carbons (Fsp3) is 1.00. The van der Waals surface area contributed by atoms with E-state index >= 15 is 0 Å². The molecule has 0 spiro atoms. The van der Waals surface area contributed by atoms with Gasteiger partial charge in [-0.15, -0.1) is 0 Å². The molecule has 2 heteroatoms. The molecule has 0 saturated carbocycles. The van der Waals surface area contributed by atoms with Gasteiger partial charge in [0.05, 0.1) is 5.66 Å². The fourth-order valence-electron chi connectivity index (χ4n) is 3.17. The van der Waals surface area contributed by atoms with E-state index in [-0.39, 0.29) is 5.66 Å². The van der Waals surface area contributed by atoms with Crippen LogP contribution in [0.25, 0.3) is 0 Å². The van der Waals surface area contributed by atoms with Crippen molar-refractivity contribution in [3.8, 4) is 0 Å². The Hall–Kier alpha value is -0.0800. The average Bonchev–Trinajstić information content (AvgIpc) is 2.74. The molecule has 0 aromatic heterocycles. The van der Waals surface area contributed by atoms with Gasteiger partial charge in [-0.25, -0.2) is 0 Å². The fourth-order valence-corrected chi connectivity index (χ4v) is 3.17. The predicted octanol–water partition coefficient (Wildman–Crippen LogP) is 3.14. The zero-order valence-electron chi connectivity index (χ0n) is 11.6. The molecule has 16 heavy (non-hydrogen) atoms. The van der Waals surface area contributed by atoms with E-state index in [1.54, 1.807) is 0 Å². The zero-order valence-corrected chi connectivity index (χ0v) is 11.6. The van der Waals surface area contributed by atoms with E-state index in [4.69, 9.17) is 0 Å². The van der Waals surface area contributed by atoms with Crippen molar-refractivity contribution in [3.05, 3.63) is 0 Å². The highest BCUT2D eigenvalue weighted by Crippen LogP contribution is 2.33. The van der Waals surface area contributed by atoms with E-state index in [9.17, 15) is 0 Å². The van der Waals surface area contributed by atoms with Gasteiger partial charge in [0.2, 0.25) is 0 Å². The van der Waals surface area contributed by atoms with Crippen LogP contribution >= 0.6 is 0 Å². The number of hydrogen-bond donors (Lipinski definition) is 2. The lowest BCUT2D eigenvalue weighted by Crippen LogP contribution is -2.59. The number of unbranched alkanes of at least 4 members (excludes halogenated alkanes) is 1. The van der Waals surface area contributed by atoms with Crippen LogP contribution in [-0.2, 0) is 0 Å². The first kappa shape index (κ1) is 14.0. The van der Waals surface area contributed by atoms with Crippen molar-refractivity contribution in [1.29, 1.82) is 0 Å². The third kappa shape index (κ3) is 2.98. The molecule has 0 aromatic carbocycles. The van der Waals surface area contributed by atoms with E-state index in [1.165, 1.54) is 32.1 Å². The lowest BCUT2D eigenvalue weighted by Gasteiger charge is -2.42. The normalized spacial score (nSPS) is 21.6. The van der Waals surface area contributed by atoms with Crippen LogP contribution in [0.5, 0.6) is 0 Å². The second kappa shape index (κ2) is 6.61. The van der Waals surface area contributed by atoms with Crippen LogP contribution in [0.1, 0.15) is 59.8 Å². The molecule has 1 saturated heterocycles. The molecule has 0 aromatic rings. The van der Waals surface area contributed by atoms with Gasteiger partial charge in [-0.05, 0) is 24.7 Å². The number of nitrogens with one attached hydrogen (secondary N) is 2. The van der Waals surface area contributed by atoms with Crippen molar-refractivity contribution >= 4 is 0 Å². The Morgan fingerprint density at radius 1 is 1.00 bits per heavy atom. The summed E-state index contributed by atoms with van der Waals surface area (Å²) in [4.78, 5) is 0. The Bertz CT molecular complexity index is 183. The molecule has 0 aliphatic carbocycles. The highest BCUT2D eigenvalue weighted by Gasteiger charge is 2.42. The lowest BCUT2D eigenvalue weighted by molar-refractivity contribution is 0.121. The molecule has 2 nitrogen and oxygen atoms in total. The summed E-state index contributed by atoms with van der Waals surface area (Å²) < 4.78 is 0. The lowest BCUT2D eigenvalue weighted by atomic mass is 9.78. The molecule has 1 heterocycles. The number of rotatable bonds is 7. The van der Waals surface area contributed by atoms with Gasteiger partial charge in [0, 0.05) is 13.1 Å². The van der Waals surface area contributed by atoms with Crippen molar-refractivity contribution in [2.75, 3.05) is 13.1 Å². The Kier molecular flexibility index (Phi) is 5.77. The molecule has 1 aliphatic heterocycles. The Morgan fingerprint density at radius 2 is 1.62 bits per heavy atom. The second-order valence-electron chi connectivity index (χ2n) is 5.51. The summed E-state index contributed by atoms with van der Waals surface area (Å²) in [6.07, 6.45) is 6.68. The predicted molar refractivity (Wildman–Crippen MR) is 71.5 cm³/mol. The van der Waals surface area contributed by atoms with Crippen molar-refractivity contribution in [1.82, 2.24) is 10.6 Å². The standard InChI is InChI=1S/C14H30N2/c1-5-7-9-13(8-6-2)14(12(3)4)15-10-11-16-14/h12-13,15-16H,5-11H2,1-4H3. The van der Waals surface area contributed by atoms with E-state index < -0.39 is 0 Å². The van der Waals surface area contributed by atoms with Gasteiger partial charge in [-0.2, -0.15) is 0 Å². The molecule has 2 N–H and O–H groups in total. The molecule has 1 atom stereocenters. The van der Waals surface area contributed by atoms with Gasteiger partial charge in [-0.1, -0.05) is 47.0 Å². The maximum Gasteiger partial charge on any atom is 0.0740 e. The van der Waals surface area contributed by atoms with E-state index in [1.807, 2.05) is 0 Å². The summed E-state index contributed by atoms with van der Waals surface area (Å²) in [6.45, 7) is 11.6. The first-order valence-corrected chi connectivity index (χ1v) is 7.17. The minimum absolute atomic E-state index is 0.213. The Morgan fingerprint density at radius 3 is 2.06 bits per heavy atom. The summed E-state index contributed by atoms with van der Waals surface area (Å²) in [7, 11) is 0. The van der Waals surface area contributed by atoms with Crippen molar-refractivity contribution in [2.45, 2.75) is 65.5 Å². The smallest absolute Gasteiger partial charge is 0.0740 e. The minimum atomic E-state index is 0.213. The molecule has 1 rings (SSSR count). The molecular weight excluding hydrogens is 196 g/mol. The SMILES string of the molecule is CCCCC(CCC)C1(C(C)C)NCCN1. The van der Waals surface area contributed by atoms with Crippen LogP contribution in [0.4, 0.5) is 0 Å². The van der Waals surface area contributed by atoms with E-state index in [2.05, 4.69) is 38.3 Å². The average molecular weight is 226 g/mol. The molecule has 0 amide bonds. The Labute approximate surface area is 102 Å². The molecule has 96 valence electrons. The highest BCUT2D eigenvalue weighted by molar-refractivity contribution is 4.98. The molecule has 0 bridgehead atoms. The van der Waals surface area contributed by atoms with Gasteiger partial charge < -0.3 is 0 Å². The molecule has 0 radical (unpaired) electrons. The van der Waals surface area contributed by atoms with Crippen molar-refractivity contribution < 1.29 is 0 Å². The maximum atomic E-state index is 3.75. The van der Waals surface area contributed by atoms with Gasteiger partial charge in [0.15, 0.2) is 0 Å². The van der Waals surface area contributed by atoms with Crippen LogP contribution in [0.3, 0.4) is 0 Å². The van der Waals surface area contributed by atoms with Gasteiger partial charge in [0.25, 0.3) is 0 Å². The quantitative estimate of drug-likeness (QED) is 0.697. The highest BCUT2D eigenvalue weighted by atomic mass is 15.3. The molecule has 1 aliphatic rings. The molecular formula is C14H30N2. The molecule has 1 fully saturated rings. The summed E-state index contributed by atoms with van der Waals surface area (Å²) in [5, 5.41) is 7.50. The largest absolute Gasteiger partial charge is 0.298 e. The minimum Gasteiger partial charge on any atom is -0.298 e. The number of hydrogen-bond acceptors (Lipinski definition) is 2. The summed E-state index contributed by atoms with van der Waals surface area (Å²) >= 11 is 0. The summed E-state index contributed by atoms with van der Waals surface area (Å²) in [6, 6.07) is 0. The van der Waals surface area contributed by atoms with Crippen molar-refractivity contribution in [2.24, 2.45) is 11.8 Å². The van der Waals surface area contributed by atoms with Crippen LogP contribution in [-0.4, -0.2) is 18.8 Å². The third-order valence-electron chi connectivity index (χ3n) is 4.06. The van der Waals surface area contributed by atoms with Crippen LogP contribution in [0, 0.1) is 11.8 Å². The maximum absolute atomic E-state index is 3.75. The second-order valence-corrected chi connectivity index (χ2v) is 5.51. The Balaban J connectivity index is 2.70. The van der Waals surface area contributed by atoms with E-state index in [0.29, 0.717) is 5.92 Å². The molecule has 1 unspecified atom stereocenters. The van der Waals surface area contributed by atoms with Crippen molar-refractivity contribution in [3.63, 3.8) is 0 Å². The van der Waals surface area contributed by atoms with E-state index in [0.717, 1.165) is 19.0 Å². The van der Waals surface area contributed by atoms with Gasteiger partial charge >= 0.3 is 0 Å². The monoisotopic (exact) mass is 226 g/mol. The van der Waals surface area contributed by atoms with Crippen LogP contribution in [0.15, 0.2) is 0 Å². The first-order valence-electron chi connectivity index (χ1n) is 7.17. The first-order chi connectivity index (χ1) is 7.67. The summed E-state index contributed by atoms with van der Waals surface area (Å²) in [5.74, 6) is 1.46. The van der Waals surface area contributed by atoms with Crippen LogP contribution < -0.4 is 10.6 Å². The van der Waals surface area contributed by atoms with Crippen LogP contribution in [0.2, 0.25) is 0 Å². The van der Waals surface area contributed by atoms with Gasteiger partial charge in [-0.3, -0.25) is 10.6 Å². The zero-order chi connectivity index (χ0) is 12.0. The third-order valence-corrected chi connectivity index (χ3v) is 4.06. The van der Waals surface area contributed by atoms with Gasteiger partial charge in [0.1, 0.15) is 0 Å². The topological polar surface area (TPSA) is 24.1 Å². The summed E-state index contributed by atoms with van der Waals surface area (Å²) in [5.41, 5.74) is 0.213.